The Morgan fingerprint density at radius 3 is 2.74 bits per heavy atom. The predicted molar refractivity (Wildman–Crippen MR) is 106 cm³/mol. The number of aliphatic imine (C=N–C) groups is 1. The molecule has 0 fully saturated rings. The van der Waals surface area contributed by atoms with Crippen LogP contribution in [0.4, 0.5) is 0 Å². The summed E-state index contributed by atoms with van der Waals surface area (Å²) in [5, 5.41) is 6.25. The molecule has 0 saturated heterocycles. The largest absolute Gasteiger partial charge is 0.493 e. The van der Waals surface area contributed by atoms with Crippen LogP contribution in [0.25, 0.3) is 0 Å². The third-order valence-corrected chi connectivity index (χ3v) is 3.00. The summed E-state index contributed by atoms with van der Waals surface area (Å²) in [5.41, 5.74) is 2.24. The van der Waals surface area contributed by atoms with Crippen LogP contribution < -0.4 is 15.4 Å². The summed E-state index contributed by atoms with van der Waals surface area (Å²) in [5.74, 6) is 4.08. The number of aryl methyl sites for hydroxylation is 1. The number of terminal acetylenes is 1. The van der Waals surface area contributed by atoms with Crippen molar-refractivity contribution in [1.82, 2.24) is 10.6 Å². The topological polar surface area (TPSA) is 54.9 Å². The summed E-state index contributed by atoms with van der Waals surface area (Å²) >= 11 is 0. The summed E-state index contributed by atoms with van der Waals surface area (Å²) in [6, 6.07) is 6.17. The van der Waals surface area contributed by atoms with E-state index in [0.717, 1.165) is 17.7 Å². The van der Waals surface area contributed by atoms with E-state index in [2.05, 4.69) is 33.7 Å². The van der Waals surface area contributed by atoms with Gasteiger partial charge in [-0.1, -0.05) is 18.1 Å². The lowest BCUT2D eigenvalue weighted by Crippen LogP contribution is -2.37. The summed E-state index contributed by atoms with van der Waals surface area (Å²) in [6.07, 6.45) is 6.10. The molecule has 0 aromatic heterocycles. The maximum Gasteiger partial charge on any atom is 0.192 e. The minimum absolute atomic E-state index is 0. The Balaban J connectivity index is 0.00000484. The van der Waals surface area contributed by atoms with Crippen molar-refractivity contribution >= 4 is 29.9 Å². The Labute approximate surface area is 156 Å². The maximum atomic E-state index is 5.85. The van der Waals surface area contributed by atoms with Gasteiger partial charge in [0, 0.05) is 39.3 Å². The number of guanidine groups is 1. The van der Waals surface area contributed by atoms with E-state index in [-0.39, 0.29) is 24.0 Å². The molecule has 1 aromatic rings. The van der Waals surface area contributed by atoms with Crippen molar-refractivity contribution in [2.75, 3.05) is 33.9 Å². The second-order valence-corrected chi connectivity index (χ2v) is 4.79. The first-order valence-corrected chi connectivity index (χ1v) is 7.30. The molecule has 0 spiro atoms. The van der Waals surface area contributed by atoms with Crippen molar-refractivity contribution in [1.29, 1.82) is 0 Å². The predicted octanol–water partition coefficient (Wildman–Crippen LogP) is 2.33. The van der Waals surface area contributed by atoms with Crippen LogP contribution >= 0.6 is 24.0 Å². The Kier molecular flexibility index (Phi) is 12.2. The van der Waals surface area contributed by atoms with E-state index < -0.39 is 0 Å². The molecule has 1 rings (SSSR count). The molecule has 6 heteroatoms. The average molecular weight is 431 g/mol. The normalized spacial score (nSPS) is 10.4. The van der Waals surface area contributed by atoms with Gasteiger partial charge >= 0.3 is 0 Å². The number of benzene rings is 1. The molecule has 0 amide bonds. The van der Waals surface area contributed by atoms with Gasteiger partial charge in [-0.05, 0) is 18.6 Å². The molecule has 5 nitrogen and oxygen atoms in total. The minimum Gasteiger partial charge on any atom is -0.493 e. The van der Waals surface area contributed by atoms with E-state index in [9.17, 15) is 0 Å². The van der Waals surface area contributed by atoms with E-state index in [1.807, 2.05) is 13.0 Å². The van der Waals surface area contributed by atoms with Gasteiger partial charge in [0.25, 0.3) is 0 Å². The molecular weight excluding hydrogens is 405 g/mol. The zero-order chi connectivity index (χ0) is 16.2. The van der Waals surface area contributed by atoms with E-state index in [0.29, 0.717) is 32.3 Å². The van der Waals surface area contributed by atoms with Gasteiger partial charge in [-0.25, -0.2) is 0 Å². The number of hydrogen-bond acceptors (Lipinski definition) is 3. The Bertz CT molecular complexity index is 527. The van der Waals surface area contributed by atoms with E-state index in [4.69, 9.17) is 15.9 Å². The van der Waals surface area contributed by atoms with Gasteiger partial charge in [0.1, 0.15) is 5.75 Å². The van der Waals surface area contributed by atoms with Crippen LogP contribution in [0.5, 0.6) is 5.75 Å². The van der Waals surface area contributed by atoms with Gasteiger partial charge in [-0.3, -0.25) is 4.99 Å². The van der Waals surface area contributed by atoms with Crippen molar-refractivity contribution in [3.63, 3.8) is 0 Å². The molecular formula is C17H26IN3O2. The minimum atomic E-state index is 0. The van der Waals surface area contributed by atoms with Crippen LogP contribution in [0.1, 0.15) is 17.5 Å². The smallest absolute Gasteiger partial charge is 0.192 e. The van der Waals surface area contributed by atoms with Crippen molar-refractivity contribution in [3.8, 4) is 18.1 Å². The molecule has 2 N–H and O–H groups in total. The van der Waals surface area contributed by atoms with E-state index >= 15 is 0 Å². The number of halogens is 1. The third kappa shape index (κ3) is 8.67. The lowest BCUT2D eigenvalue weighted by Gasteiger charge is -2.15. The first-order chi connectivity index (χ1) is 10.7. The standard InChI is InChI=1S/C17H25N3O2.HI/c1-5-9-19-17(18-3)20-13-15-8-7-14(2)12-16(15)22-11-6-10-21-4;/h1,7-8,12H,6,9-11,13H2,2-4H3,(H2,18,19,20);1H. The lowest BCUT2D eigenvalue weighted by atomic mass is 10.1. The highest BCUT2D eigenvalue weighted by Crippen LogP contribution is 2.20. The molecule has 23 heavy (non-hydrogen) atoms. The summed E-state index contributed by atoms with van der Waals surface area (Å²) in [4.78, 5) is 4.12. The van der Waals surface area contributed by atoms with E-state index in [1.54, 1.807) is 14.2 Å². The highest BCUT2D eigenvalue weighted by molar-refractivity contribution is 14.0. The van der Waals surface area contributed by atoms with Gasteiger partial charge < -0.3 is 20.1 Å². The molecule has 1 aromatic carbocycles. The molecule has 0 heterocycles. The van der Waals surface area contributed by atoms with Gasteiger partial charge in [-0.15, -0.1) is 30.4 Å². The molecule has 0 aliphatic heterocycles. The molecule has 0 saturated carbocycles. The Hall–Kier alpha value is -1.46. The van der Waals surface area contributed by atoms with E-state index in [1.165, 1.54) is 5.56 Å². The molecule has 0 radical (unpaired) electrons. The zero-order valence-electron chi connectivity index (χ0n) is 14.0. The molecule has 0 aliphatic rings. The summed E-state index contributed by atoms with van der Waals surface area (Å²) in [7, 11) is 3.40. The number of hydrogen-bond donors (Lipinski definition) is 2. The first-order valence-electron chi connectivity index (χ1n) is 7.30. The Morgan fingerprint density at radius 1 is 1.30 bits per heavy atom. The molecule has 0 unspecified atom stereocenters. The molecule has 0 bridgehead atoms. The first kappa shape index (κ1) is 21.5. The average Bonchev–Trinajstić information content (AvgIpc) is 2.53. The fourth-order valence-corrected chi connectivity index (χ4v) is 1.86. The third-order valence-electron chi connectivity index (χ3n) is 3.00. The quantitative estimate of drug-likeness (QED) is 0.218. The van der Waals surface area contributed by atoms with Crippen LogP contribution in [0.15, 0.2) is 23.2 Å². The van der Waals surface area contributed by atoms with Crippen molar-refractivity contribution in [2.24, 2.45) is 4.99 Å². The monoisotopic (exact) mass is 431 g/mol. The van der Waals surface area contributed by atoms with Crippen LogP contribution in [0.2, 0.25) is 0 Å². The van der Waals surface area contributed by atoms with Crippen LogP contribution in [-0.4, -0.2) is 39.9 Å². The molecule has 128 valence electrons. The van der Waals surface area contributed by atoms with Gasteiger partial charge in [-0.2, -0.15) is 0 Å². The number of nitrogens with one attached hydrogen (secondary N) is 2. The highest BCUT2D eigenvalue weighted by atomic mass is 127. The van der Waals surface area contributed by atoms with Crippen LogP contribution in [-0.2, 0) is 11.3 Å². The van der Waals surface area contributed by atoms with Gasteiger partial charge in [0.2, 0.25) is 0 Å². The van der Waals surface area contributed by atoms with Crippen LogP contribution in [0, 0.1) is 19.3 Å². The highest BCUT2D eigenvalue weighted by Gasteiger charge is 2.05. The van der Waals surface area contributed by atoms with Gasteiger partial charge in [0.15, 0.2) is 5.96 Å². The van der Waals surface area contributed by atoms with Crippen molar-refractivity contribution in [3.05, 3.63) is 29.3 Å². The number of methoxy groups -OCH3 is 1. The zero-order valence-corrected chi connectivity index (χ0v) is 16.3. The Morgan fingerprint density at radius 2 is 2.09 bits per heavy atom. The fraction of sp³-hybridized carbons (Fsp3) is 0.471. The second kappa shape index (κ2) is 13.0. The van der Waals surface area contributed by atoms with Gasteiger partial charge in [0.05, 0.1) is 13.2 Å². The summed E-state index contributed by atoms with van der Waals surface area (Å²) in [6.45, 7) is 4.43. The lowest BCUT2D eigenvalue weighted by molar-refractivity contribution is 0.172. The summed E-state index contributed by atoms with van der Waals surface area (Å²) < 4.78 is 10.9. The molecule has 0 aliphatic carbocycles. The van der Waals surface area contributed by atoms with Crippen molar-refractivity contribution in [2.45, 2.75) is 19.9 Å². The second-order valence-electron chi connectivity index (χ2n) is 4.79. The number of nitrogens with zero attached hydrogens (tertiary/aromatic N) is 1. The molecule has 0 atom stereocenters. The van der Waals surface area contributed by atoms with Crippen molar-refractivity contribution < 1.29 is 9.47 Å². The number of ether oxygens (including phenoxy) is 2. The maximum absolute atomic E-state index is 5.85. The van der Waals surface area contributed by atoms with Crippen LogP contribution in [0.3, 0.4) is 0 Å². The number of rotatable bonds is 8. The SMILES string of the molecule is C#CCNC(=NC)NCc1ccc(C)cc1OCCCOC.I. The fourth-order valence-electron chi connectivity index (χ4n) is 1.86.